The minimum atomic E-state index is -0.229. The van der Waals surface area contributed by atoms with E-state index in [9.17, 15) is 4.79 Å². The van der Waals surface area contributed by atoms with Crippen LogP contribution in [0.4, 0.5) is 5.69 Å². The van der Waals surface area contributed by atoms with Crippen LogP contribution in [0, 0.1) is 0 Å². The Morgan fingerprint density at radius 2 is 2.35 bits per heavy atom. The SMILES string of the molecule is CC(C)NC(=O)C1COCCN1Cc1cccc(N)c1. The third kappa shape index (κ3) is 3.95. The van der Waals surface area contributed by atoms with Crippen molar-refractivity contribution < 1.29 is 9.53 Å². The van der Waals surface area contributed by atoms with E-state index in [1.54, 1.807) is 0 Å². The molecule has 1 amide bonds. The molecule has 1 atom stereocenters. The van der Waals surface area contributed by atoms with Gasteiger partial charge in [0, 0.05) is 24.8 Å². The number of anilines is 1. The highest BCUT2D eigenvalue weighted by Gasteiger charge is 2.29. The Hall–Kier alpha value is -1.59. The predicted molar refractivity (Wildman–Crippen MR) is 79.2 cm³/mol. The molecular weight excluding hydrogens is 254 g/mol. The van der Waals surface area contributed by atoms with E-state index in [0.29, 0.717) is 19.8 Å². The van der Waals surface area contributed by atoms with Crippen molar-refractivity contribution in [2.45, 2.75) is 32.5 Å². The highest BCUT2D eigenvalue weighted by atomic mass is 16.5. The van der Waals surface area contributed by atoms with Gasteiger partial charge in [-0.05, 0) is 31.5 Å². The Bertz CT molecular complexity index is 462. The molecule has 3 N–H and O–H groups in total. The molecule has 0 bridgehead atoms. The van der Waals surface area contributed by atoms with Crippen molar-refractivity contribution in [3.63, 3.8) is 0 Å². The number of ether oxygens (including phenoxy) is 1. The van der Waals surface area contributed by atoms with Gasteiger partial charge in [0.2, 0.25) is 5.91 Å². The van der Waals surface area contributed by atoms with Gasteiger partial charge in [-0.1, -0.05) is 12.1 Å². The Morgan fingerprint density at radius 3 is 3.05 bits per heavy atom. The smallest absolute Gasteiger partial charge is 0.239 e. The zero-order valence-corrected chi connectivity index (χ0v) is 12.1. The predicted octanol–water partition coefficient (Wildman–Crippen LogP) is 0.994. The van der Waals surface area contributed by atoms with Crippen molar-refractivity contribution in [1.29, 1.82) is 0 Å². The molecule has 0 aromatic heterocycles. The Kier molecular flexibility index (Phi) is 4.98. The summed E-state index contributed by atoms with van der Waals surface area (Å²) in [6.45, 7) is 6.50. The summed E-state index contributed by atoms with van der Waals surface area (Å²) >= 11 is 0. The molecule has 1 saturated heterocycles. The molecule has 1 heterocycles. The van der Waals surface area contributed by atoms with Gasteiger partial charge in [-0.15, -0.1) is 0 Å². The number of benzene rings is 1. The van der Waals surface area contributed by atoms with Gasteiger partial charge in [-0.3, -0.25) is 9.69 Å². The molecule has 0 aliphatic carbocycles. The van der Waals surface area contributed by atoms with E-state index in [1.165, 1.54) is 0 Å². The van der Waals surface area contributed by atoms with Crippen LogP contribution in [0.1, 0.15) is 19.4 Å². The first kappa shape index (κ1) is 14.8. The minimum absolute atomic E-state index is 0.0311. The molecule has 1 unspecified atom stereocenters. The van der Waals surface area contributed by atoms with Crippen LogP contribution in [0.5, 0.6) is 0 Å². The summed E-state index contributed by atoms with van der Waals surface area (Å²) in [5, 5.41) is 2.95. The van der Waals surface area contributed by atoms with E-state index in [1.807, 2.05) is 38.1 Å². The molecule has 20 heavy (non-hydrogen) atoms. The summed E-state index contributed by atoms with van der Waals surface area (Å²) in [5.74, 6) is 0.0311. The average Bonchev–Trinajstić information content (AvgIpc) is 2.38. The number of hydrogen-bond acceptors (Lipinski definition) is 4. The van der Waals surface area contributed by atoms with Crippen LogP contribution in [0.15, 0.2) is 24.3 Å². The quantitative estimate of drug-likeness (QED) is 0.806. The highest BCUT2D eigenvalue weighted by molar-refractivity contribution is 5.82. The number of hydrogen-bond donors (Lipinski definition) is 2. The monoisotopic (exact) mass is 277 g/mol. The number of nitrogen functional groups attached to an aromatic ring is 1. The van der Waals surface area contributed by atoms with Gasteiger partial charge in [0.05, 0.1) is 13.2 Å². The van der Waals surface area contributed by atoms with Gasteiger partial charge in [0.15, 0.2) is 0 Å². The zero-order chi connectivity index (χ0) is 14.5. The summed E-state index contributed by atoms with van der Waals surface area (Å²) in [5.41, 5.74) is 7.67. The van der Waals surface area contributed by atoms with E-state index < -0.39 is 0 Å². The second kappa shape index (κ2) is 6.72. The molecule has 5 nitrogen and oxygen atoms in total. The van der Waals surface area contributed by atoms with Crippen LogP contribution in [-0.2, 0) is 16.1 Å². The fraction of sp³-hybridized carbons (Fsp3) is 0.533. The molecule has 5 heteroatoms. The Morgan fingerprint density at radius 1 is 1.55 bits per heavy atom. The maximum Gasteiger partial charge on any atom is 0.239 e. The fourth-order valence-corrected chi connectivity index (χ4v) is 2.38. The summed E-state index contributed by atoms with van der Waals surface area (Å²) in [6.07, 6.45) is 0. The van der Waals surface area contributed by atoms with Crippen molar-refractivity contribution in [2.24, 2.45) is 0 Å². The van der Waals surface area contributed by atoms with Crippen LogP contribution in [0.25, 0.3) is 0 Å². The maximum atomic E-state index is 12.2. The lowest BCUT2D eigenvalue weighted by atomic mass is 10.1. The summed E-state index contributed by atoms with van der Waals surface area (Å²) < 4.78 is 5.45. The molecule has 0 spiro atoms. The van der Waals surface area contributed by atoms with Crippen molar-refractivity contribution in [2.75, 3.05) is 25.5 Å². The van der Waals surface area contributed by atoms with Crippen molar-refractivity contribution >= 4 is 11.6 Å². The van der Waals surface area contributed by atoms with E-state index in [-0.39, 0.29) is 18.0 Å². The molecular formula is C15H23N3O2. The molecule has 0 saturated carbocycles. The molecule has 110 valence electrons. The number of carbonyl (C=O) groups is 1. The largest absolute Gasteiger partial charge is 0.399 e. The zero-order valence-electron chi connectivity index (χ0n) is 12.1. The topological polar surface area (TPSA) is 67.6 Å². The van der Waals surface area contributed by atoms with Crippen LogP contribution < -0.4 is 11.1 Å². The number of morpholine rings is 1. The first-order valence-electron chi connectivity index (χ1n) is 7.03. The lowest BCUT2D eigenvalue weighted by molar-refractivity contribution is -0.133. The molecule has 1 fully saturated rings. The number of nitrogens with two attached hydrogens (primary N) is 1. The van der Waals surface area contributed by atoms with E-state index in [2.05, 4.69) is 10.2 Å². The number of nitrogens with zero attached hydrogens (tertiary/aromatic N) is 1. The number of rotatable bonds is 4. The number of nitrogens with one attached hydrogen (secondary N) is 1. The summed E-state index contributed by atoms with van der Waals surface area (Å²) in [6, 6.07) is 7.70. The normalized spacial score (nSPS) is 20.1. The standard InChI is InChI=1S/C15H23N3O2/c1-11(2)17-15(19)14-10-20-7-6-18(14)9-12-4-3-5-13(16)8-12/h3-5,8,11,14H,6-7,9-10,16H2,1-2H3,(H,17,19). The van der Waals surface area contributed by atoms with Crippen molar-refractivity contribution in [1.82, 2.24) is 10.2 Å². The second-order valence-corrected chi connectivity index (χ2v) is 5.47. The van der Waals surface area contributed by atoms with Gasteiger partial charge < -0.3 is 15.8 Å². The summed E-state index contributed by atoms with van der Waals surface area (Å²) in [7, 11) is 0. The summed E-state index contributed by atoms with van der Waals surface area (Å²) in [4.78, 5) is 14.4. The third-order valence-electron chi connectivity index (χ3n) is 3.31. The molecule has 2 rings (SSSR count). The highest BCUT2D eigenvalue weighted by Crippen LogP contribution is 2.14. The second-order valence-electron chi connectivity index (χ2n) is 5.47. The molecule has 1 aliphatic rings. The Balaban J connectivity index is 2.05. The number of carbonyl (C=O) groups excluding carboxylic acids is 1. The van der Waals surface area contributed by atoms with E-state index >= 15 is 0 Å². The average molecular weight is 277 g/mol. The Labute approximate surface area is 120 Å². The van der Waals surface area contributed by atoms with Crippen LogP contribution in [-0.4, -0.2) is 42.6 Å². The first-order valence-corrected chi connectivity index (χ1v) is 7.03. The van der Waals surface area contributed by atoms with Gasteiger partial charge in [0.1, 0.15) is 6.04 Å². The van der Waals surface area contributed by atoms with Crippen LogP contribution in [0.2, 0.25) is 0 Å². The van der Waals surface area contributed by atoms with Gasteiger partial charge in [0.25, 0.3) is 0 Å². The number of amides is 1. The minimum Gasteiger partial charge on any atom is -0.399 e. The molecule has 1 aromatic rings. The first-order chi connectivity index (χ1) is 9.56. The van der Waals surface area contributed by atoms with Gasteiger partial charge in [-0.2, -0.15) is 0 Å². The molecule has 1 aromatic carbocycles. The van der Waals surface area contributed by atoms with Crippen LogP contribution in [0.3, 0.4) is 0 Å². The van der Waals surface area contributed by atoms with Crippen LogP contribution >= 0.6 is 0 Å². The molecule has 1 aliphatic heterocycles. The maximum absolute atomic E-state index is 12.2. The molecule has 0 radical (unpaired) electrons. The lowest BCUT2D eigenvalue weighted by Gasteiger charge is -2.35. The van der Waals surface area contributed by atoms with E-state index in [0.717, 1.165) is 17.8 Å². The van der Waals surface area contributed by atoms with Crippen molar-refractivity contribution in [3.8, 4) is 0 Å². The third-order valence-corrected chi connectivity index (χ3v) is 3.31. The lowest BCUT2D eigenvalue weighted by Crippen LogP contribution is -2.54. The van der Waals surface area contributed by atoms with E-state index in [4.69, 9.17) is 10.5 Å². The van der Waals surface area contributed by atoms with Gasteiger partial charge >= 0.3 is 0 Å². The van der Waals surface area contributed by atoms with Gasteiger partial charge in [-0.25, -0.2) is 0 Å². The van der Waals surface area contributed by atoms with Crippen molar-refractivity contribution in [3.05, 3.63) is 29.8 Å². The fourth-order valence-electron chi connectivity index (χ4n) is 2.38.